The molecule has 0 atom stereocenters. The maximum absolute atomic E-state index is 12.3. The number of benzene rings is 1. The fourth-order valence-corrected chi connectivity index (χ4v) is 2.93. The highest BCUT2D eigenvalue weighted by Gasteiger charge is 2.24. The predicted octanol–water partition coefficient (Wildman–Crippen LogP) is 2.24. The summed E-state index contributed by atoms with van der Waals surface area (Å²) in [4.78, 5) is 29.9. The first-order valence-corrected chi connectivity index (χ1v) is 8.49. The quantitative estimate of drug-likeness (QED) is 0.498. The van der Waals surface area contributed by atoms with Crippen molar-refractivity contribution in [1.29, 1.82) is 0 Å². The number of carbonyl (C=O) groups excluding carboxylic acids is 1. The number of nitrogens with one attached hydrogen (secondary N) is 1. The van der Waals surface area contributed by atoms with Crippen LogP contribution in [-0.4, -0.2) is 48.7 Å². The number of ether oxygens (including phenoxy) is 1. The molecule has 0 unspecified atom stereocenters. The van der Waals surface area contributed by atoms with Crippen molar-refractivity contribution in [3.63, 3.8) is 0 Å². The van der Waals surface area contributed by atoms with Gasteiger partial charge in [-0.1, -0.05) is 18.2 Å². The second-order valence-electron chi connectivity index (χ2n) is 5.80. The molecule has 136 valence electrons. The zero-order valence-electron chi connectivity index (χ0n) is 14.5. The molecular weight excluding hydrogens is 336 g/mol. The van der Waals surface area contributed by atoms with E-state index in [4.69, 9.17) is 4.74 Å². The maximum atomic E-state index is 12.3. The minimum atomic E-state index is -0.522. The molecule has 0 radical (unpaired) electrons. The van der Waals surface area contributed by atoms with E-state index in [2.05, 4.69) is 15.2 Å². The van der Waals surface area contributed by atoms with Gasteiger partial charge in [0.2, 0.25) is 0 Å². The van der Waals surface area contributed by atoms with Crippen LogP contribution in [-0.2, 0) is 4.74 Å². The molecule has 8 nitrogen and oxygen atoms in total. The van der Waals surface area contributed by atoms with Crippen molar-refractivity contribution in [1.82, 2.24) is 10.3 Å². The Morgan fingerprint density at radius 2 is 2.00 bits per heavy atom. The SMILES string of the molecule is CCOC(=O)c1ccccc1-c1nc(N2CCNCC2)ccc1[N+](=O)[O-]. The first-order chi connectivity index (χ1) is 12.6. The van der Waals surface area contributed by atoms with Crippen LogP contribution < -0.4 is 10.2 Å². The predicted molar refractivity (Wildman–Crippen MR) is 97.4 cm³/mol. The number of hydrogen-bond donors (Lipinski definition) is 1. The molecule has 1 aliphatic rings. The van der Waals surface area contributed by atoms with Crippen LogP contribution in [0.2, 0.25) is 0 Å². The summed E-state index contributed by atoms with van der Waals surface area (Å²) in [5.41, 5.74) is 0.701. The van der Waals surface area contributed by atoms with Gasteiger partial charge >= 0.3 is 5.97 Å². The number of piperazine rings is 1. The second kappa shape index (κ2) is 7.92. The van der Waals surface area contributed by atoms with Crippen LogP contribution in [0, 0.1) is 10.1 Å². The van der Waals surface area contributed by atoms with Crippen molar-refractivity contribution in [2.24, 2.45) is 0 Å². The third-order valence-corrected chi connectivity index (χ3v) is 4.17. The Labute approximate surface area is 150 Å². The first-order valence-electron chi connectivity index (χ1n) is 8.49. The van der Waals surface area contributed by atoms with Gasteiger partial charge in [0, 0.05) is 37.8 Å². The number of carbonyl (C=O) groups is 1. The highest BCUT2D eigenvalue weighted by atomic mass is 16.6. The van der Waals surface area contributed by atoms with Crippen LogP contribution in [0.3, 0.4) is 0 Å². The molecule has 1 aromatic carbocycles. The van der Waals surface area contributed by atoms with Gasteiger partial charge in [-0.05, 0) is 19.1 Å². The average Bonchev–Trinajstić information content (AvgIpc) is 2.68. The summed E-state index contributed by atoms with van der Waals surface area (Å²) in [6.07, 6.45) is 0. The molecule has 2 heterocycles. The van der Waals surface area contributed by atoms with Gasteiger partial charge in [0.15, 0.2) is 5.69 Å². The Bertz CT molecular complexity index is 819. The van der Waals surface area contributed by atoms with Crippen LogP contribution in [0.1, 0.15) is 17.3 Å². The largest absolute Gasteiger partial charge is 0.462 e. The van der Waals surface area contributed by atoms with Gasteiger partial charge < -0.3 is 15.0 Å². The van der Waals surface area contributed by atoms with E-state index in [1.54, 1.807) is 37.3 Å². The normalized spacial score (nSPS) is 14.1. The van der Waals surface area contributed by atoms with E-state index in [0.717, 1.165) is 26.2 Å². The van der Waals surface area contributed by atoms with E-state index in [9.17, 15) is 14.9 Å². The van der Waals surface area contributed by atoms with Gasteiger partial charge in [-0.15, -0.1) is 0 Å². The van der Waals surface area contributed by atoms with Crippen LogP contribution in [0.15, 0.2) is 36.4 Å². The van der Waals surface area contributed by atoms with Crippen LogP contribution >= 0.6 is 0 Å². The van der Waals surface area contributed by atoms with Gasteiger partial charge in [-0.25, -0.2) is 9.78 Å². The number of nitrogens with zero attached hydrogens (tertiary/aromatic N) is 3. The Kier molecular flexibility index (Phi) is 5.43. The van der Waals surface area contributed by atoms with Gasteiger partial charge in [-0.3, -0.25) is 10.1 Å². The zero-order valence-corrected chi connectivity index (χ0v) is 14.5. The Balaban J connectivity index is 2.10. The minimum absolute atomic E-state index is 0.138. The van der Waals surface area contributed by atoms with E-state index < -0.39 is 10.9 Å². The highest BCUT2D eigenvalue weighted by Crippen LogP contribution is 2.33. The molecule has 0 saturated carbocycles. The highest BCUT2D eigenvalue weighted by molar-refractivity contribution is 5.98. The number of esters is 1. The molecule has 0 bridgehead atoms. The number of rotatable bonds is 5. The Hall–Kier alpha value is -3.00. The lowest BCUT2D eigenvalue weighted by Gasteiger charge is -2.28. The number of aromatic nitrogens is 1. The lowest BCUT2D eigenvalue weighted by Crippen LogP contribution is -2.43. The molecular formula is C18H20N4O4. The van der Waals surface area contributed by atoms with Gasteiger partial charge in [0.25, 0.3) is 5.69 Å². The average molecular weight is 356 g/mol. The van der Waals surface area contributed by atoms with Crippen molar-refractivity contribution in [3.8, 4) is 11.3 Å². The van der Waals surface area contributed by atoms with Gasteiger partial charge in [0.1, 0.15) is 5.82 Å². The van der Waals surface area contributed by atoms with Crippen LogP contribution in [0.4, 0.5) is 11.5 Å². The van der Waals surface area contributed by atoms with Gasteiger partial charge in [0.05, 0.1) is 17.1 Å². The van der Waals surface area contributed by atoms with Crippen LogP contribution in [0.25, 0.3) is 11.3 Å². The van der Waals surface area contributed by atoms with Crippen LogP contribution in [0.5, 0.6) is 0 Å². The van der Waals surface area contributed by atoms with E-state index in [1.165, 1.54) is 6.07 Å². The molecule has 1 aromatic heterocycles. The first kappa shape index (κ1) is 17.8. The standard InChI is InChI=1S/C18H20N4O4/c1-2-26-18(23)14-6-4-3-5-13(14)17-15(22(24)25)7-8-16(20-17)21-11-9-19-10-12-21/h3-8,19H,2,9-12H2,1H3. The van der Waals surface area contributed by atoms with E-state index >= 15 is 0 Å². The molecule has 1 saturated heterocycles. The molecule has 0 spiro atoms. The molecule has 26 heavy (non-hydrogen) atoms. The lowest BCUT2D eigenvalue weighted by molar-refractivity contribution is -0.384. The topological polar surface area (TPSA) is 97.6 Å². The molecule has 2 aromatic rings. The smallest absolute Gasteiger partial charge is 0.338 e. The number of pyridine rings is 1. The van der Waals surface area contributed by atoms with Gasteiger partial charge in [-0.2, -0.15) is 0 Å². The lowest BCUT2D eigenvalue weighted by atomic mass is 10.0. The van der Waals surface area contributed by atoms with Crippen molar-refractivity contribution >= 4 is 17.5 Å². The number of hydrogen-bond acceptors (Lipinski definition) is 7. The van der Waals surface area contributed by atoms with Crippen molar-refractivity contribution < 1.29 is 14.5 Å². The monoisotopic (exact) mass is 356 g/mol. The fraction of sp³-hybridized carbons (Fsp3) is 0.333. The summed E-state index contributed by atoms with van der Waals surface area (Å²) in [6, 6.07) is 9.77. The molecule has 0 amide bonds. The Morgan fingerprint density at radius 1 is 1.27 bits per heavy atom. The number of nitro groups is 1. The van der Waals surface area contributed by atoms with Crippen molar-refractivity contribution in [3.05, 3.63) is 52.1 Å². The zero-order chi connectivity index (χ0) is 18.5. The summed E-state index contributed by atoms with van der Waals surface area (Å²) in [5, 5.41) is 14.8. The second-order valence-corrected chi connectivity index (χ2v) is 5.80. The summed E-state index contributed by atoms with van der Waals surface area (Å²) >= 11 is 0. The molecule has 8 heteroatoms. The van der Waals surface area contributed by atoms with Crippen molar-refractivity contribution in [2.75, 3.05) is 37.7 Å². The van der Waals surface area contributed by atoms with Crippen molar-refractivity contribution in [2.45, 2.75) is 6.92 Å². The third kappa shape index (κ3) is 3.65. The van der Waals surface area contributed by atoms with E-state index in [1.807, 2.05) is 0 Å². The Morgan fingerprint density at radius 3 is 2.69 bits per heavy atom. The third-order valence-electron chi connectivity index (χ3n) is 4.17. The summed E-state index contributed by atoms with van der Waals surface area (Å²) in [6.45, 7) is 5.13. The summed E-state index contributed by atoms with van der Waals surface area (Å²) in [5.74, 6) is 0.137. The fourth-order valence-electron chi connectivity index (χ4n) is 2.93. The maximum Gasteiger partial charge on any atom is 0.338 e. The molecule has 1 N–H and O–H groups in total. The molecule has 0 aliphatic carbocycles. The molecule has 1 fully saturated rings. The molecule has 1 aliphatic heterocycles. The molecule has 3 rings (SSSR count). The van der Waals surface area contributed by atoms with E-state index in [-0.39, 0.29) is 23.6 Å². The summed E-state index contributed by atoms with van der Waals surface area (Å²) < 4.78 is 5.08. The minimum Gasteiger partial charge on any atom is -0.462 e. The number of anilines is 1. The van der Waals surface area contributed by atoms with E-state index in [0.29, 0.717) is 11.4 Å². The summed E-state index contributed by atoms with van der Waals surface area (Å²) in [7, 11) is 0.